The summed E-state index contributed by atoms with van der Waals surface area (Å²) >= 11 is 0. The van der Waals surface area contributed by atoms with Crippen LogP contribution in [0.4, 0.5) is 0 Å². The molecule has 1 aliphatic heterocycles. The van der Waals surface area contributed by atoms with Gasteiger partial charge in [0, 0.05) is 26.2 Å². The molecule has 1 aliphatic rings. The molecule has 1 saturated heterocycles. The minimum Gasteiger partial charge on any atom is -0.390 e. The summed E-state index contributed by atoms with van der Waals surface area (Å²) in [5.41, 5.74) is -0.0572. The second-order valence-corrected chi connectivity index (χ2v) is 7.91. The summed E-state index contributed by atoms with van der Waals surface area (Å²) in [5.74, 6) is 0. The number of rotatable bonds is 6. The fraction of sp³-hybridized carbons (Fsp3) is 1.00. The average molecular weight is 270 g/mol. The lowest BCUT2D eigenvalue weighted by atomic mass is 9.92. The summed E-state index contributed by atoms with van der Waals surface area (Å²) in [4.78, 5) is 5.14. The molecule has 3 nitrogen and oxygen atoms in total. The Bertz CT molecular complexity index is 244. The van der Waals surface area contributed by atoms with Gasteiger partial charge in [-0.1, -0.05) is 20.8 Å². The molecule has 114 valence electrons. The molecular weight excluding hydrogens is 236 g/mol. The number of hydrogen-bond donors (Lipinski definition) is 1. The third-order valence-corrected chi connectivity index (χ3v) is 3.91. The molecule has 1 N–H and O–H groups in total. The summed E-state index contributed by atoms with van der Waals surface area (Å²) in [7, 11) is 0. The molecule has 0 amide bonds. The third-order valence-electron chi connectivity index (χ3n) is 3.91. The van der Waals surface area contributed by atoms with Crippen molar-refractivity contribution in [2.75, 3.05) is 39.3 Å². The van der Waals surface area contributed by atoms with Crippen molar-refractivity contribution >= 4 is 0 Å². The van der Waals surface area contributed by atoms with Gasteiger partial charge in [0.05, 0.1) is 5.60 Å². The maximum Gasteiger partial charge on any atom is 0.0592 e. The molecule has 0 aromatic carbocycles. The smallest absolute Gasteiger partial charge is 0.0592 e. The van der Waals surface area contributed by atoms with Crippen molar-refractivity contribution in [2.24, 2.45) is 5.41 Å². The predicted octanol–water partition coefficient (Wildman–Crippen LogP) is 2.59. The van der Waals surface area contributed by atoms with Crippen LogP contribution in [0.1, 0.15) is 53.9 Å². The SMILES string of the molecule is CC(C)(C)CCN1CCN(CCCC(C)(C)O)CC1. The van der Waals surface area contributed by atoms with Crippen LogP contribution in [0, 0.1) is 5.41 Å². The molecule has 0 aliphatic carbocycles. The van der Waals surface area contributed by atoms with E-state index < -0.39 is 5.60 Å². The average Bonchev–Trinajstić information content (AvgIpc) is 2.25. The van der Waals surface area contributed by atoms with E-state index in [2.05, 4.69) is 30.6 Å². The summed E-state index contributed by atoms with van der Waals surface area (Å²) in [6, 6.07) is 0. The molecular formula is C16H34N2O. The standard InChI is InChI=1S/C16H34N2O/c1-15(2,3)8-10-18-13-11-17(12-14-18)9-6-7-16(4,5)19/h19H,6-14H2,1-5H3. The normalized spacial score (nSPS) is 19.9. The van der Waals surface area contributed by atoms with Gasteiger partial charge in [-0.25, -0.2) is 0 Å². The Balaban J connectivity index is 2.12. The number of hydrogen-bond acceptors (Lipinski definition) is 3. The van der Waals surface area contributed by atoms with E-state index in [1.54, 1.807) is 0 Å². The van der Waals surface area contributed by atoms with Crippen molar-refractivity contribution in [2.45, 2.75) is 59.5 Å². The van der Waals surface area contributed by atoms with E-state index in [1.807, 2.05) is 13.8 Å². The van der Waals surface area contributed by atoms with Crippen LogP contribution in [0.5, 0.6) is 0 Å². The molecule has 0 bridgehead atoms. The van der Waals surface area contributed by atoms with Gasteiger partial charge in [-0.2, -0.15) is 0 Å². The first kappa shape index (κ1) is 16.9. The molecule has 0 aromatic rings. The summed E-state index contributed by atoms with van der Waals surface area (Å²) in [6.07, 6.45) is 3.29. The fourth-order valence-corrected chi connectivity index (χ4v) is 2.47. The van der Waals surface area contributed by atoms with Crippen LogP contribution in [0.15, 0.2) is 0 Å². The van der Waals surface area contributed by atoms with Crippen LogP contribution < -0.4 is 0 Å². The van der Waals surface area contributed by atoms with Gasteiger partial charge in [-0.3, -0.25) is 0 Å². The molecule has 1 fully saturated rings. The highest BCUT2D eigenvalue weighted by atomic mass is 16.3. The van der Waals surface area contributed by atoms with Crippen LogP contribution >= 0.6 is 0 Å². The van der Waals surface area contributed by atoms with Gasteiger partial charge in [-0.05, 0) is 51.6 Å². The molecule has 1 rings (SSSR count). The highest BCUT2D eigenvalue weighted by Gasteiger charge is 2.19. The molecule has 0 aromatic heterocycles. The molecule has 0 atom stereocenters. The zero-order valence-electron chi connectivity index (χ0n) is 13.7. The second kappa shape index (κ2) is 7.05. The van der Waals surface area contributed by atoms with Gasteiger partial charge in [0.1, 0.15) is 0 Å². The highest BCUT2D eigenvalue weighted by Crippen LogP contribution is 2.19. The van der Waals surface area contributed by atoms with E-state index in [9.17, 15) is 5.11 Å². The predicted molar refractivity (Wildman–Crippen MR) is 82.5 cm³/mol. The number of piperazine rings is 1. The van der Waals surface area contributed by atoms with Gasteiger partial charge < -0.3 is 14.9 Å². The van der Waals surface area contributed by atoms with Gasteiger partial charge in [0.2, 0.25) is 0 Å². The van der Waals surface area contributed by atoms with Crippen LogP contribution in [-0.2, 0) is 0 Å². The van der Waals surface area contributed by atoms with Crippen LogP contribution in [0.2, 0.25) is 0 Å². The molecule has 19 heavy (non-hydrogen) atoms. The Morgan fingerprint density at radius 3 is 1.68 bits per heavy atom. The fourth-order valence-electron chi connectivity index (χ4n) is 2.47. The lowest BCUT2D eigenvalue weighted by molar-refractivity contribution is 0.0603. The summed E-state index contributed by atoms with van der Waals surface area (Å²) in [5, 5.41) is 9.71. The Morgan fingerprint density at radius 2 is 1.26 bits per heavy atom. The minimum absolute atomic E-state index is 0.448. The van der Waals surface area contributed by atoms with Gasteiger partial charge >= 0.3 is 0 Å². The minimum atomic E-state index is -0.505. The van der Waals surface area contributed by atoms with Crippen molar-refractivity contribution in [3.63, 3.8) is 0 Å². The van der Waals surface area contributed by atoms with Crippen molar-refractivity contribution in [1.29, 1.82) is 0 Å². The van der Waals surface area contributed by atoms with Crippen LogP contribution in [0.3, 0.4) is 0 Å². The van der Waals surface area contributed by atoms with Gasteiger partial charge in [0.25, 0.3) is 0 Å². The number of nitrogens with zero attached hydrogens (tertiary/aromatic N) is 2. The lowest BCUT2D eigenvalue weighted by Crippen LogP contribution is -2.47. The van der Waals surface area contributed by atoms with Crippen molar-refractivity contribution < 1.29 is 5.11 Å². The number of aliphatic hydroxyl groups is 1. The monoisotopic (exact) mass is 270 g/mol. The zero-order chi connectivity index (χ0) is 14.5. The summed E-state index contributed by atoms with van der Waals surface area (Å²) < 4.78 is 0. The first-order chi connectivity index (χ1) is 8.66. The molecule has 0 saturated carbocycles. The Hall–Kier alpha value is -0.120. The quantitative estimate of drug-likeness (QED) is 0.803. The van der Waals surface area contributed by atoms with Crippen LogP contribution in [-0.4, -0.2) is 59.8 Å². The highest BCUT2D eigenvalue weighted by molar-refractivity contribution is 4.75. The molecule has 1 heterocycles. The maximum absolute atomic E-state index is 9.71. The van der Waals surface area contributed by atoms with E-state index in [-0.39, 0.29) is 0 Å². The molecule has 0 radical (unpaired) electrons. The second-order valence-electron chi connectivity index (χ2n) is 7.91. The third kappa shape index (κ3) is 8.61. The lowest BCUT2D eigenvalue weighted by Gasteiger charge is -2.36. The first-order valence-electron chi connectivity index (χ1n) is 7.83. The van der Waals surface area contributed by atoms with E-state index in [0.717, 1.165) is 19.4 Å². The molecule has 0 spiro atoms. The van der Waals surface area contributed by atoms with E-state index >= 15 is 0 Å². The van der Waals surface area contributed by atoms with Gasteiger partial charge in [0.15, 0.2) is 0 Å². The largest absolute Gasteiger partial charge is 0.390 e. The van der Waals surface area contributed by atoms with E-state index in [0.29, 0.717) is 5.41 Å². The van der Waals surface area contributed by atoms with Crippen LogP contribution in [0.25, 0.3) is 0 Å². The molecule has 3 heteroatoms. The van der Waals surface area contributed by atoms with Crippen molar-refractivity contribution in [3.8, 4) is 0 Å². The van der Waals surface area contributed by atoms with E-state index in [4.69, 9.17) is 0 Å². The van der Waals surface area contributed by atoms with Gasteiger partial charge in [-0.15, -0.1) is 0 Å². The Kier molecular flexibility index (Phi) is 6.28. The summed E-state index contributed by atoms with van der Waals surface area (Å²) in [6.45, 7) is 17.9. The topological polar surface area (TPSA) is 26.7 Å². The molecule has 0 unspecified atom stereocenters. The maximum atomic E-state index is 9.71. The van der Waals surface area contributed by atoms with Crippen molar-refractivity contribution in [3.05, 3.63) is 0 Å². The Morgan fingerprint density at radius 1 is 0.789 bits per heavy atom. The zero-order valence-corrected chi connectivity index (χ0v) is 13.7. The van der Waals surface area contributed by atoms with E-state index in [1.165, 1.54) is 39.1 Å². The first-order valence-corrected chi connectivity index (χ1v) is 7.83. The van der Waals surface area contributed by atoms with Crippen molar-refractivity contribution in [1.82, 2.24) is 9.80 Å². The Labute approximate surface area is 120 Å².